The first kappa shape index (κ1) is 13.6. The Balaban J connectivity index is 2.33. The lowest BCUT2D eigenvalue weighted by atomic mass is 9.97. The first-order chi connectivity index (χ1) is 9.15. The number of aryl methyl sites for hydroxylation is 1. The molecule has 0 fully saturated rings. The van der Waals surface area contributed by atoms with Gasteiger partial charge in [0.25, 0.3) is 0 Å². The van der Waals surface area contributed by atoms with Crippen LogP contribution in [0.3, 0.4) is 0 Å². The van der Waals surface area contributed by atoms with Crippen molar-refractivity contribution in [1.29, 1.82) is 0 Å². The molecule has 0 saturated carbocycles. The fourth-order valence-corrected chi connectivity index (χ4v) is 2.21. The van der Waals surface area contributed by atoms with Gasteiger partial charge in [0.15, 0.2) is 0 Å². The van der Waals surface area contributed by atoms with Crippen LogP contribution in [0, 0.1) is 0 Å². The molecular weight excluding hydrogens is 236 g/mol. The lowest BCUT2D eigenvalue weighted by molar-refractivity contribution is -0.144. The topological polar surface area (TPSA) is 26.3 Å². The molecular formula is C17H20O2. The minimum atomic E-state index is -0.213. The van der Waals surface area contributed by atoms with Crippen molar-refractivity contribution in [3.63, 3.8) is 0 Å². The van der Waals surface area contributed by atoms with Crippen LogP contribution in [0.4, 0.5) is 0 Å². The van der Waals surface area contributed by atoms with Crippen molar-refractivity contribution < 1.29 is 9.53 Å². The van der Waals surface area contributed by atoms with E-state index in [0.29, 0.717) is 6.61 Å². The number of hydrogen-bond acceptors (Lipinski definition) is 2. The van der Waals surface area contributed by atoms with E-state index in [-0.39, 0.29) is 11.9 Å². The molecule has 0 spiro atoms. The van der Waals surface area contributed by atoms with Crippen LogP contribution in [0.15, 0.2) is 36.4 Å². The highest BCUT2D eigenvalue weighted by Crippen LogP contribution is 2.23. The zero-order valence-electron chi connectivity index (χ0n) is 11.8. The summed E-state index contributed by atoms with van der Waals surface area (Å²) in [7, 11) is 0. The molecule has 0 radical (unpaired) electrons. The van der Waals surface area contributed by atoms with E-state index in [4.69, 9.17) is 4.74 Å². The van der Waals surface area contributed by atoms with Gasteiger partial charge in [-0.15, -0.1) is 0 Å². The molecule has 2 heteroatoms. The summed E-state index contributed by atoms with van der Waals surface area (Å²) in [5.41, 5.74) is 2.34. The molecule has 0 aliphatic heterocycles. The van der Waals surface area contributed by atoms with Crippen molar-refractivity contribution in [3.8, 4) is 0 Å². The minimum absolute atomic E-state index is 0.160. The van der Waals surface area contributed by atoms with Gasteiger partial charge >= 0.3 is 5.97 Å². The molecule has 0 aliphatic rings. The Morgan fingerprint density at radius 2 is 1.79 bits per heavy atom. The summed E-state index contributed by atoms with van der Waals surface area (Å²) in [5.74, 6) is -0.373. The molecule has 0 saturated heterocycles. The first-order valence-corrected chi connectivity index (χ1v) is 6.85. The maximum Gasteiger partial charge on any atom is 0.313 e. The highest BCUT2D eigenvalue weighted by Gasteiger charge is 2.16. The van der Waals surface area contributed by atoms with E-state index < -0.39 is 0 Å². The number of rotatable bonds is 4. The molecule has 1 unspecified atom stereocenters. The van der Waals surface area contributed by atoms with Gasteiger partial charge in [-0.2, -0.15) is 0 Å². The van der Waals surface area contributed by atoms with Crippen LogP contribution in [0.25, 0.3) is 10.8 Å². The van der Waals surface area contributed by atoms with Crippen molar-refractivity contribution in [2.24, 2.45) is 0 Å². The highest BCUT2D eigenvalue weighted by atomic mass is 16.5. The predicted molar refractivity (Wildman–Crippen MR) is 78.4 cm³/mol. The van der Waals surface area contributed by atoms with E-state index in [1.165, 1.54) is 16.3 Å². The number of esters is 1. The maximum atomic E-state index is 11.8. The third-order valence-corrected chi connectivity index (χ3v) is 3.48. The SMILES string of the molecule is CCOC(=O)C(C)c1ccc2cc(CC)ccc2c1. The molecule has 1 atom stereocenters. The fraction of sp³-hybridized carbons (Fsp3) is 0.353. The van der Waals surface area contributed by atoms with E-state index in [9.17, 15) is 4.79 Å². The Morgan fingerprint density at radius 1 is 1.11 bits per heavy atom. The van der Waals surface area contributed by atoms with E-state index in [0.717, 1.165) is 12.0 Å². The lowest BCUT2D eigenvalue weighted by Gasteiger charge is -2.12. The van der Waals surface area contributed by atoms with Crippen LogP contribution >= 0.6 is 0 Å². The normalized spacial score (nSPS) is 12.4. The standard InChI is InChI=1S/C17H20O2/c1-4-13-6-7-16-11-14(8-9-15(16)10-13)12(3)17(18)19-5-2/h6-12H,4-5H2,1-3H3. The summed E-state index contributed by atoms with van der Waals surface area (Å²) >= 11 is 0. The van der Waals surface area contributed by atoms with Crippen molar-refractivity contribution >= 4 is 16.7 Å². The maximum absolute atomic E-state index is 11.8. The Hall–Kier alpha value is -1.83. The van der Waals surface area contributed by atoms with Crippen LogP contribution in [-0.2, 0) is 16.0 Å². The summed E-state index contributed by atoms with van der Waals surface area (Å²) in [6.07, 6.45) is 1.04. The summed E-state index contributed by atoms with van der Waals surface area (Å²) in [5, 5.41) is 2.39. The molecule has 2 nitrogen and oxygen atoms in total. The fourth-order valence-electron chi connectivity index (χ4n) is 2.21. The highest BCUT2D eigenvalue weighted by molar-refractivity contribution is 5.86. The third-order valence-electron chi connectivity index (χ3n) is 3.48. The predicted octanol–water partition coefficient (Wildman–Crippen LogP) is 4.07. The van der Waals surface area contributed by atoms with Gasteiger partial charge in [-0.3, -0.25) is 4.79 Å². The largest absolute Gasteiger partial charge is 0.466 e. The van der Waals surface area contributed by atoms with Crippen LogP contribution in [0.1, 0.15) is 37.8 Å². The van der Waals surface area contributed by atoms with Crippen LogP contribution < -0.4 is 0 Å². The van der Waals surface area contributed by atoms with E-state index in [1.54, 1.807) is 0 Å². The second kappa shape index (κ2) is 5.87. The van der Waals surface area contributed by atoms with Crippen LogP contribution in [0.5, 0.6) is 0 Å². The van der Waals surface area contributed by atoms with Crippen molar-refractivity contribution in [2.75, 3.05) is 6.61 Å². The summed E-state index contributed by atoms with van der Waals surface area (Å²) in [6, 6.07) is 12.6. The summed E-state index contributed by atoms with van der Waals surface area (Å²) < 4.78 is 5.07. The molecule has 0 aliphatic carbocycles. The first-order valence-electron chi connectivity index (χ1n) is 6.85. The number of ether oxygens (including phenoxy) is 1. The Labute approximate surface area is 114 Å². The van der Waals surface area contributed by atoms with E-state index in [1.807, 2.05) is 19.9 Å². The van der Waals surface area contributed by atoms with Crippen molar-refractivity contribution in [1.82, 2.24) is 0 Å². The second-order valence-electron chi connectivity index (χ2n) is 4.77. The zero-order valence-corrected chi connectivity index (χ0v) is 11.8. The quantitative estimate of drug-likeness (QED) is 0.771. The Morgan fingerprint density at radius 3 is 2.47 bits per heavy atom. The zero-order chi connectivity index (χ0) is 13.8. The Bertz CT molecular complexity index is 587. The molecule has 2 aromatic carbocycles. The molecule has 0 bridgehead atoms. The summed E-state index contributed by atoms with van der Waals surface area (Å²) in [4.78, 5) is 11.8. The minimum Gasteiger partial charge on any atom is -0.466 e. The van der Waals surface area contributed by atoms with Gasteiger partial charge in [0.2, 0.25) is 0 Å². The molecule has 19 heavy (non-hydrogen) atoms. The summed E-state index contributed by atoms with van der Waals surface area (Å²) in [6.45, 7) is 6.30. The van der Waals surface area contributed by atoms with E-state index >= 15 is 0 Å². The molecule has 2 aromatic rings. The molecule has 0 heterocycles. The second-order valence-corrected chi connectivity index (χ2v) is 4.77. The van der Waals surface area contributed by atoms with E-state index in [2.05, 4.69) is 37.3 Å². The smallest absolute Gasteiger partial charge is 0.313 e. The van der Waals surface area contributed by atoms with Gasteiger partial charge in [-0.05, 0) is 42.2 Å². The number of benzene rings is 2. The van der Waals surface area contributed by atoms with Gasteiger partial charge in [-0.1, -0.05) is 43.3 Å². The van der Waals surface area contributed by atoms with Gasteiger partial charge in [0, 0.05) is 0 Å². The van der Waals surface area contributed by atoms with Gasteiger partial charge < -0.3 is 4.74 Å². The number of carbonyl (C=O) groups excluding carboxylic acids is 1. The van der Waals surface area contributed by atoms with Crippen molar-refractivity contribution in [3.05, 3.63) is 47.5 Å². The Kier molecular flexibility index (Phi) is 4.20. The monoisotopic (exact) mass is 256 g/mol. The number of carbonyl (C=O) groups is 1. The van der Waals surface area contributed by atoms with Crippen LogP contribution in [-0.4, -0.2) is 12.6 Å². The molecule has 100 valence electrons. The molecule has 0 amide bonds. The average Bonchev–Trinajstić information content (AvgIpc) is 2.45. The van der Waals surface area contributed by atoms with Gasteiger partial charge in [0.1, 0.15) is 0 Å². The average molecular weight is 256 g/mol. The molecule has 2 rings (SSSR count). The van der Waals surface area contributed by atoms with Crippen molar-refractivity contribution in [2.45, 2.75) is 33.1 Å². The van der Waals surface area contributed by atoms with Gasteiger partial charge in [0.05, 0.1) is 12.5 Å². The van der Waals surface area contributed by atoms with Crippen LogP contribution in [0.2, 0.25) is 0 Å². The molecule has 0 aromatic heterocycles. The number of fused-ring (bicyclic) bond motifs is 1. The third kappa shape index (κ3) is 2.95. The number of hydrogen-bond donors (Lipinski definition) is 0. The lowest BCUT2D eigenvalue weighted by Crippen LogP contribution is -2.12. The van der Waals surface area contributed by atoms with Gasteiger partial charge in [-0.25, -0.2) is 0 Å². The molecule has 0 N–H and O–H groups in total.